The third kappa shape index (κ3) is 7.34. The van der Waals surface area contributed by atoms with E-state index in [2.05, 4.69) is 10.6 Å². The zero-order valence-corrected chi connectivity index (χ0v) is 17.7. The number of benzene rings is 1. The van der Waals surface area contributed by atoms with Crippen LogP contribution in [0.1, 0.15) is 31.2 Å². The Morgan fingerprint density at radius 3 is 2.47 bits per heavy atom. The van der Waals surface area contributed by atoms with Gasteiger partial charge in [-0.25, -0.2) is 0 Å². The molecule has 1 aromatic carbocycles. The molecule has 3 atom stereocenters. The number of nitrogens with two attached hydrogens (primary N) is 2. The molecule has 0 bridgehead atoms. The number of carboxylic acids is 1. The average Bonchev–Trinajstić information content (AvgIpc) is 3.25. The smallest absolute Gasteiger partial charge is 0.322 e. The number of aliphatic carboxylic acids is 1. The Bertz CT molecular complexity index is 846. The van der Waals surface area contributed by atoms with Crippen molar-refractivity contribution in [2.45, 2.75) is 50.2 Å². The summed E-state index contributed by atoms with van der Waals surface area (Å²) in [5.41, 5.74) is 11.8. The molecule has 0 saturated carbocycles. The van der Waals surface area contributed by atoms with Gasteiger partial charge in [0.1, 0.15) is 18.6 Å². The number of carboxylic acid groups (broad SMARTS) is 1. The first kappa shape index (κ1) is 24.8. The van der Waals surface area contributed by atoms with Crippen molar-refractivity contribution in [3.8, 4) is 0 Å². The van der Waals surface area contributed by atoms with Crippen LogP contribution in [0.15, 0.2) is 30.3 Å². The minimum Gasteiger partial charge on any atom is -0.480 e. The van der Waals surface area contributed by atoms with Crippen LogP contribution in [-0.2, 0) is 30.4 Å². The maximum atomic E-state index is 13.0. The van der Waals surface area contributed by atoms with Gasteiger partial charge in [-0.2, -0.15) is 0 Å². The van der Waals surface area contributed by atoms with Gasteiger partial charge in [0.15, 0.2) is 0 Å². The Morgan fingerprint density at radius 2 is 1.84 bits per heavy atom. The number of carbonyl (C=O) groups is 5. The molecule has 11 heteroatoms. The molecule has 1 aliphatic heterocycles. The molecule has 1 heterocycles. The summed E-state index contributed by atoms with van der Waals surface area (Å²) in [5.74, 6) is -3.40. The number of rotatable bonds is 11. The van der Waals surface area contributed by atoms with E-state index < -0.39 is 54.3 Å². The van der Waals surface area contributed by atoms with Gasteiger partial charge in [-0.3, -0.25) is 24.0 Å². The molecular formula is C21H29N5O6. The molecule has 32 heavy (non-hydrogen) atoms. The van der Waals surface area contributed by atoms with Gasteiger partial charge in [-0.15, -0.1) is 0 Å². The van der Waals surface area contributed by atoms with Crippen molar-refractivity contribution in [2.24, 2.45) is 11.5 Å². The van der Waals surface area contributed by atoms with Crippen molar-refractivity contribution >= 4 is 29.6 Å². The lowest BCUT2D eigenvalue weighted by Crippen LogP contribution is -2.56. The Labute approximate surface area is 185 Å². The molecule has 1 fully saturated rings. The summed E-state index contributed by atoms with van der Waals surface area (Å²) in [6.45, 7) is -0.251. The molecule has 0 spiro atoms. The second-order valence-corrected chi connectivity index (χ2v) is 7.66. The molecule has 1 aromatic rings. The Kier molecular flexibility index (Phi) is 9.14. The number of primary amides is 1. The number of nitrogens with one attached hydrogen (secondary N) is 2. The van der Waals surface area contributed by atoms with Crippen LogP contribution in [0.4, 0.5) is 0 Å². The molecule has 174 valence electrons. The predicted molar refractivity (Wildman–Crippen MR) is 114 cm³/mol. The van der Waals surface area contributed by atoms with E-state index in [0.29, 0.717) is 19.4 Å². The summed E-state index contributed by atoms with van der Waals surface area (Å²) in [6.07, 6.45) is 1.17. The second-order valence-electron chi connectivity index (χ2n) is 7.66. The highest BCUT2D eigenvalue weighted by Crippen LogP contribution is 2.19. The Hall–Kier alpha value is -3.47. The van der Waals surface area contributed by atoms with E-state index in [1.54, 1.807) is 24.3 Å². The standard InChI is InChI=1S/C21H29N5O6/c22-14(8-9-17(23)27)21(32)26-10-4-7-16(26)20(31)25-15(19(30)24-12-18(28)29)11-13-5-2-1-3-6-13/h1-3,5-6,14-16H,4,7-12,22H2,(H2,23,27)(H,24,30)(H,25,31)(H,28,29). The van der Waals surface area contributed by atoms with Gasteiger partial charge in [0.25, 0.3) is 0 Å². The molecular weight excluding hydrogens is 418 g/mol. The predicted octanol–water partition coefficient (Wildman–Crippen LogP) is -1.50. The lowest BCUT2D eigenvalue weighted by Gasteiger charge is -2.28. The van der Waals surface area contributed by atoms with Gasteiger partial charge in [-0.05, 0) is 24.8 Å². The molecule has 1 saturated heterocycles. The number of likely N-dealkylation sites (tertiary alicyclic amines) is 1. The van der Waals surface area contributed by atoms with Crippen molar-refractivity contribution in [2.75, 3.05) is 13.1 Å². The summed E-state index contributed by atoms with van der Waals surface area (Å²) in [4.78, 5) is 61.3. The zero-order chi connectivity index (χ0) is 23.7. The largest absolute Gasteiger partial charge is 0.480 e. The van der Waals surface area contributed by atoms with E-state index in [1.807, 2.05) is 6.07 Å². The Morgan fingerprint density at radius 1 is 1.16 bits per heavy atom. The molecule has 11 nitrogen and oxygen atoms in total. The van der Waals surface area contributed by atoms with E-state index in [9.17, 15) is 24.0 Å². The van der Waals surface area contributed by atoms with E-state index >= 15 is 0 Å². The molecule has 0 radical (unpaired) electrons. The fraction of sp³-hybridized carbons (Fsp3) is 0.476. The summed E-state index contributed by atoms with van der Waals surface area (Å²) in [5, 5.41) is 13.8. The average molecular weight is 447 g/mol. The van der Waals surface area contributed by atoms with Crippen LogP contribution in [-0.4, -0.2) is 70.8 Å². The molecule has 7 N–H and O–H groups in total. The van der Waals surface area contributed by atoms with Crippen LogP contribution in [0, 0.1) is 0 Å². The number of carbonyl (C=O) groups excluding carboxylic acids is 4. The van der Waals surface area contributed by atoms with E-state index in [-0.39, 0.29) is 19.3 Å². The van der Waals surface area contributed by atoms with Gasteiger partial charge < -0.3 is 32.1 Å². The van der Waals surface area contributed by atoms with E-state index in [0.717, 1.165) is 5.56 Å². The van der Waals surface area contributed by atoms with Crippen LogP contribution in [0.2, 0.25) is 0 Å². The van der Waals surface area contributed by atoms with Crippen LogP contribution in [0.25, 0.3) is 0 Å². The summed E-state index contributed by atoms with van der Waals surface area (Å²) < 4.78 is 0. The van der Waals surface area contributed by atoms with E-state index in [1.165, 1.54) is 4.90 Å². The van der Waals surface area contributed by atoms with Crippen molar-refractivity contribution in [1.82, 2.24) is 15.5 Å². The molecule has 3 unspecified atom stereocenters. The maximum Gasteiger partial charge on any atom is 0.322 e. The van der Waals surface area contributed by atoms with Gasteiger partial charge >= 0.3 is 5.97 Å². The van der Waals surface area contributed by atoms with Gasteiger partial charge in [0, 0.05) is 19.4 Å². The third-order valence-corrected chi connectivity index (χ3v) is 5.19. The molecule has 0 aromatic heterocycles. The molecule has 4 amide bonds. The Balaban J connectivity index is 2.08. The van der Waals surface area contributed by atoms with Gasteiger partial charge in [0.05, 0.1) is 6.04 Å². The zero-order valence-electron chi connectivity index (χ0n) is 17.7. The molecule has 1 aliphatic rings. The maximum absolute atomic E-state index is 13.0. The summed E-state index contributed by atoms with van der Waals surface area (Å²) in [6, 6.07) is 6.15. The van der Waals surface area contributed by atoms with Crippen molar-refractivity contribution in [1.29, 1.82) is 0 Å². The highest BCUT2D eigenvalue weighted by molar-refractivity contribution is 5.94. The topological polar surface area (TPSA) is 185 Å². The summed E-state index contributed by atoms with van der Waals surface area (Å²) in [7, 11) is 0. The highest BCUT2D eigenvalue weighted by Gasteiger charge is 2.37. The fourth-order valence-corrected chi connectivity index (χ4v) is 3.55. The minimum absolute atomic E-state index is 0.0412. The van der Waals surface area contributed by atoms with Crippen LogP contribution in [0.5, 0.6) is 0 Å². The quantitative estimate of drug-likeness (QED) is 0.273. The normalized spacial score (nSPS) is 17.3. The SMILES string of the molecule is NC(=O)CCC(N)C(=O)N1CCCC1C(=O)NC(Cc1ccccc1)C(=O)NCC(=O)O. The minimum atomic E-state index is -1.21. The van der Waals surface area contributed by atoms with Crippen LogP contribution >= 0.6 is 0 Å². The number of amides is 4. The van der Waals surface area contributed by atoms with Crippen LogP contribution in [0.3, 0.4) is 0 Å². The van der Waals surface area contributed by atoms with Crippen molar-refractivity contribution in [3.05, 3.63) is 35.9 Å². The molecule has 0 aliphatic carbocycles. The van der Waals surface area contributed by atoms with Crippen molar-refractivity contribution in [3.63, 3.8) is 0 Å². The number of nitrogens with zero attached hydrogens (tertiary/aromatic N) is 1. The van der Waals surface area contributed by atoms with Gasteiger partial charge in [-0.1, -0.05) is 30.3 Å². The molecule has 2 rings (SSSR count). The first-order valence-electron chi connectivity index (χ1n) is 10.4. The first-order chi connectivity index (χ1) is 15.2. The second kappa shape index (κ2) is 11.8. The number of hydrogen-bond acceptors (Lipinski definition) is 6. The number of hydrogen-bond donors (Lipinski definition) is 5. The van der Waals surface area contributed by atoms with Crippen LogP contribution < -0.4 is 22.1 Å². The lowest BCUT2D eigenvalue weighted by molar-refractivity contribution is -0.141. The lowest BCUT2D eigenvalue weighted by atomic mass is 10.0. The van der Waals surface area contributed by atoms with Gasteiger partial charge in [0.2, 0.25) is 23.6 Å². The third-order valence-electron chi connectivity index (χ3n) is 5.19. The first-order valence-corrected chi connectivity index (χ1v) is 10.4. The fourth-order valence-electron chi connectivity index (χ4n) is 3.55. The highest BCUT2D eigenvalue weighted by atomic mass is 16.4. The summed E-state index contributed by atoms with van der Waals surface area (Å²) >= 11 is 0. The monoisotopic (exact) mass is 447 g/mol. The van der Waals surface area contributed by atoms with Crippen molar-refractivity contribution < 1.29 is 29.1 Å². The van der Waals surface area contributed by atoms with E-state index in [4.69, 9.17) is 16.6 Å².